The first kappa shape index (κ1) is 13.6. The summed E-state index contributed by atoms with van der Waals surface area (Å²) in [5.41, 5.74) is 11.5. The number of para-hydroxylation sites is 2. The molecule has 0 saturated heterocycles. The summed E-state index contributed by atoms with van der Waals surface area (Å²) in [4.78, 5) is 10.8. The van der Waals surface area contributed by atoms with E-state index in [1.807, 2.05) is 12.1 Å². The Morgan fingerprint density at radius 1 is 1.20 bits per heavy atom. The zero-order valence-corrected chi connectivity index (χ0v) is 10.7. The number of amides is 1. The van der Waals surface area contributed by atoms with Gasteiger partial charge in [0.05, 0.1) is 12.2 Å². The highest BCUT2D eigenvalue weighted by atomic mass is 16.5. The van der Waals surface area contributed by atoms with Crippen LogP contribution in [0.15, 0.2) is 36.4 Å². The number of nitrogens with zero attached hydrogens (tertiary/aromatic N) is 2. The average molecular weight is 273 g/mol. The molecule has 0 bridgehead atoms. The van der Waals surface area contributed by atoms with Crippen molar-refractivity contribution in [2.45, 2.75) is 0 Å². The van der Waals surface area contributed by atoms with Crippen LogP contribution in [0, 0.1) is 0 Å². The SMILES string of the molecule is NC(=O)c1ccc(NCCOc2ccccc2N)nn1. The van der Waals surface area contributed by atoms with Crippen molar-refractivity contribution < 1.29 is 9.53 Å². The lowest BCUT2D eigenvalue weighted by Crippen LogP contribution is -2.16. The van der Waals surface area contributed by atoms with Crippen molar-refractivity contribution in [1.29, 1.82) is 0 Å². The number of carbonyl (C=O) groups excluding carboxylic acids is 1. The fraction of sp³-hybridized carbons (Fsp3) is 0.154. The van der Waals surface area contributed by atoms with Crippen molar-refractivity contribution in [1.82, 2.24) is 10.2 Å². The van der Waals surface area contributed by atoms with Gasteiger partial charge < -0.3 is 21.5 Å². The number of nitrogen functional groups attached to an aromatic ring is 1. The van der Waals surface area contributed by atoms with E-state index >= 15 is 0 Å². The van der Waals surface area contributed by atoms with Gasteiger partial charge in [0.2, 0.25) is 0 Å². The van der Waals surface area contributed by atoms with Crippen LogP contribution in [-0.2, 0) is 0 Å². The quantitative estimate of drug-likeness (QED) is 0.525. The normalized spacial score (nSPS) is 10.0. The summed E-state index contributed by atoms with van der Waals surface area (Å²) in [7, 11) is 0. The van der Waals surface area contributed by atoms with E-state index in [-0.39, 0.29) is 5.69 Å². The first-order valence-corrected chi connectivity index (χ1v) is 6.01. The van der Waals surface area contributed by atoms with E-state index in [0.29, 0.717) is 30.4 Å². The number of nitrogens with two attached hydrogens (primary N) is 2. The molecule has 0 saturated carbocycles. The first-order valence-electron chi connectivity index (χ1n) is 6.01. The smallest absolute Gasteiger partial charge is 0.269 e. The van der Waals surface area contributed by atoms with Gasteiger partial charge in [-0.2, -0.15) is 0 Å². The number of anilines is 2. The van der Waals surface area contributed by atoms with Crippen molar-refractivity contribution in [3.05, 3.63) is 42.1 Å². The highest BCUT2D eigenvalue weighted by Gasteiger charge is 2.03. The topological polar surface area (TPSA) is 116 Å². The fourth-order valence-electron chi connectivity index (χ4n) is 1.51. The highest BCUT2D eigenvalue weighted by Crippen LogP contribution is 2.19. The molecule has 0 radical (unpaired) electrons. The van der Waals surface area contributed by atoms with Crippen LogP contribution in [-0.4, -0.2) is 29.3 Å². The average Bonchev–Trinajstić information content (AvgIpc) is 2.46. The van der Waals surface area contributed by atoms with Crippen LogP contribution in [0.4, 0.5) is 11.5 Å². The van der Waals surface area contributed by atoms with Gasteiger partial charge in [0.15, 0.2) is 5.69 Å². The summed E-state index contributed by atoms with van der Waals surface area (Å²) >= 11 is 0. The van der Waals surface area contributed by atoms with Crippen LogP contribution in [0.2, 0.25) is 0 Å². The predicted molar refractivity (Wildman–Crippen MR) is 75.4 cm³/mol. The molecule has 0 spiro atoms. The minimum Gasteiger partial charge on any atom is -0.490 e. The summed E-state index contributed by atoms with van der Waals surface area (Å²) < 4.78 is 5.51. The molecule has 0 aliphatic carbocycles. The van der Waals surface area contributed by atoms with Gasteiger partial charge in [-0.15, -0.1) is 10.2 Å². The van der Waals surface area contributed by atoms with Crippen LogP contribution < -0.4 is 21.5 Å². The van der Waals surface area contributed by atoms with Crippen molar-refractivity contribution in [2.75, 3.05) is 24.2 Å². The zero-order valence-electron chi connectivity index (χ0n) is 10.7. The molecule has 0 fully saturated rings. The maximum absolute atomic E-state index is 10.8. The van der Waals surface area contributed by atoms with Crippen LogP contribution in [0.1, 0.15) is 10.5 Å². The standard InChI is InChI=1S/C13H15N5O2/c14-9-3-1-2-4-11(9)20-8-7-16-12-6-5-10(13(15)19)17-18-12/h1-6H,7-8,14H2,(H2,15,19)(H,16,18). The highest BCUT2D eigenvalue weighted by molar-refractivity contribution is 5.90. The van der Waals surface area contributed by atoms with E-state index in [1.165, 1.54) is 6.07 Å². The van der Waals surface area contributed by atoms with Crippen molar-refractivity contribution in [3.63, 3.8) is 0 Å². The first-order chi connectivity index (χ1) is 9.66. The molecule has 0 aliphatic rings. The third kappa shape index (κ3) is 3.58. The second-order valence-corrected chi connectivity index (χ2v) is 3.98. The molecule has 104 valence electrons. The van der Waals surface area contributed by atoms with Crippen LogP contribution >= 0.6 is 0 Å². The molecule has 1 aromatic heterocycles. The molecule has 1 aromatic carbocycles. The Labute approximate surface area is 115 Å². The molecular formula is C13H15N5O2. The number of benzene rings is 1. The number of hydrogen-bond donors (Lipinski definition) is 3. The van der Waals surface area contributed by atoms with Gasteiger partial charge in [-0.05, 0) is 24.3 Å². The van der Waals surface area contributed by atoms with Gasteiger partial charge >= 0.3 is 0 Å². The molecule has 1 heterocycles. The Bertz CT molecular complexity index is 586. The van der Waals surface area contributed by atoms with E-state index in [0.717, 1.165) is 0 Å². The van der Waals surface area contributed by atoms with Crippen LogP contribution in [0.3, 0.4) is 0 Å². The number of carbonyl (C=O) groups is 1. The second kappa shape index (κ2) is 6.37. The van der Waals surface area contributed by atoms with Gasteiger partial charge in [-0.3, -0.25) is 4.79 Å². The predicted octanol–water partition coefficient (Wildman–Crippen LogP) is 0.649. The van der Waals surface area contributed by atoms with Gasteiger partial charge in [-0.25, -0.2) is 0 Å². The Balaban J connectivity index is 1.79. The molecule has 7 nitrogen and oxygen atoms in total. The van der Waals surface area contributed by atoms with E-state index in [9.17, 15) is 4.79 Å². The van der Waals surface area contributed by atoms with Gasteiger partial charge in [0, 0.05) is 0 Å². The lowest BCUT2D eigenvalue weighted by Gasteiger charge is -2.09. The summed E-state index contributed by atoms with van der Waals surface area (Å²) in [5.74, 6) is 0.580. The zero-order chi connectivity index (χ0) is 14.4. The Morgan fingerprint density at radius 3 is 2.65 bits per heavy atom. The molecule has 1 amide bonds. The molecular weight excluding hydrogens is 258 g/mol. The number of hydrogen-bond acceptors (Lipinski definition) is 6. The molecule has 5 N–H and O–H groups in total. The van der Waals surface area contributed by atoms with Gasteiger partial charge in [0.1, 0.15) is 18.2 Å². The molecule has 0 atom stereocenters. The molecule has 0 aliphatic heterocycles. The summed E-state index contributed by atoms with van der Waals surface area (Å²) in [6, 6.07) is 10.4. The number of primary amides is 1. The van der Waals surface area contributed by atoms with Crippen LogP contribution in [0.5, 0.6) is 5.75 Å². The maximum atomic E-state index is 10.8. The van der Waals surface area contributed by atoms with Crippen molar-refractivity contribution in [2.24, 2.45) is 5.73 Å². The van der Waals surface area contributed by atoms with E-state index in [2.05, 4.69) is 15.5 Å². The number of aromatic nitrogens is 2. The number of ether oxygens (including phenoxy) is 1. The Hall–Kier alpha value is -2.83. The second-order valence-electron chi connectivity index (χ2n) is 3.98. The molecule has 20 heavy (non-hydrogen) atoms. The lowest BCUT2D eigenvalue weighted by atomic mass is 10.3. The largest absolute Gasteiger partial charge is 0.490 e. The number of nitrogens with one attached hydrogen (secondary N) is 1. The minimum atomic E-state index is -0.605. The van der Waals surface area contributed by atoms with Gasteiger partial charge in [0.25, 0.3) is 5.91 Å². The Morgan fingerprint density at radius 2 is 2.00 bits per heavy atom. The molecule has 2 rings (SSSR count). The summed E-state index contributed by atoms with van der Waals surface area (Å²) in [6.07, 6.45) is 0. The van der Waals surface area contributed by atoms with Gasteiger partial charge in [-0.1, -0.05) is 12.1 Å². The monoisotopic (exact) mass is 273 g/mol. The molecule has 2 aromatic rings. The molecule has 0 unspecified atom stereocenters. The summed E-state index contributed by atoms with van der Waals surface area (Å²) in [5, 5.41) is 10.5. The Kier molecular flexibility index (Phi) is 4.33. The maximum Gasteiger partial charge on any atom is 0.269 e. The fourth-order valence-corrected chi connectivity index (χ4v) is 1.51. The van der Waals surface area contributed by atoms with E-state index in [1.54, 1.807) is 18.2 Å². The lowest BCUT2D eigenvalue weighted by molar-refractivity contribution is 0.0994. The summed E-state index contributed by atoms with van der Waals surface area (Å²) in [6.45, 7) is 0.951. The van der Waals surface area contributed by atoms with Crippen LogP contribution in [0.25, 0.3) is 0 Å². The third-order valence-electron chi connectivity index (χ3n) is 2.50. The van der Waals surface area contributed by atoms with Crippen molar-refractivity contribution in [3.8, 4) is 5.75 Å². The third-order valence-corrected chi connectivity index (χ3v) is 2.50. The molecule has 7 heteroatoms. The van der Waals surface area contributed by atoms with Crippen molar-refractivity contribution >= 4 is 17.4 Å². The van der Waals surface area contributed by atoms with E-state index in [4.69, 9.17) is 16.2 Å². The number of rotatable bonds is 6. The van der Waals surface area contributed by atoms with E-state index < -0.39 is 5.91 Å². The minimum absolute atomic E-state index is 0.129.